The summed E-state index contributed by atoms with van der Waals surface area (Å²) in [5, 5.41) is 30.5. The highest BCUT2D eigenvalue weighted by molar-refractivity contribution is 4.64. The Balaban J connectivity index is 4.09. The van der Waals surface area contributed by atoms with Crippen LogP contribution in [0.25, 0.3) is 0 Å². The molecule has 0 saturated heterocycles. The quantitative estimate of drug-likeness (QED) is 0.386. The molecule has 0 saturated carbocycles. The van der Waals surface area contributed by atoms with Crippen molar-refractivity contribution in [3.63, 3.8) is 0 Å². The fraction of sp³-hybridized carbons (Fsp3) is 1.00. The van der Waals surface area contributed by atoms with E-state index >= 15 is 0 Å². The maximum absolute atomic E-state index is 9.39. The van der Waals surface area contributed by atoms with Gasteiger partial charge in [-0.15, -0.1) is 0 Å². The van der Waals surface area contributed by atoms with Crippen LogP contribution in [0.1, 0.15) is 13.8 Å². The van der Waals surface area contributed by atoms with E-state index in [-0.39, 0.29) is 0 Å². The average molecular weight is 178 g/mol. The molecule has 0 heterocycles. The summed E-state index contributed by atoms with van der Waals surface area (Å²) in [5.41, 5.74) is 0. The summed E-state index contributed by atoms with van der Waals surface area (Å²) < 4.78 is 0. The van der Waals surface area contributed by atoms with Crippen molar-refractivity contribution in [2.75, 3.05) is 13.6 Å². The number of hydrogen-bond donors (Lipinski definition) is 4. The number of aliphatic hydroxyl groups is 3. The van der Waals surface area contributed by atoms with Gasteiger partial charge in [0, 0.05) is 6.54 Å². The van der Waals surface area contributed by atoms with Gasteiger partial charge in [-0.2, -0.15) is 0 Å². The molecule has 0 aromatic rings. The standard InChI is InChI=1S/C7H18N2O3/c1-5(10)9(6(2)11)7(12)4-8-3/h5-8,10-12H,4H2,1-3H3. The van der Waals surface area contributed by atoms with Crippen LogP contribution < -0.4 is 5.32 Å². The van der Waals surface area contributed by atoms with E-state index in [1.165, 1.54) is 18.7 Å². The van der Waals surface area contributed by atoms with E-state index in [1.54, 1.807) is 7.05 Å². The SMILES string of the molecule is CNCC(O)N(C(C)O)C(C)O. The van der Waals surface area contributed by atoms with Gasteiger partial charge in [-0.1, -0.05) is 0 Å². The predicted octanol–water partition coefficient (Wildman–Crippen LogP) is -1.50. The van der Waals surface area contributed by atoms with Gasteiger partial charge < -0.3 is 20.6 Å². The highest BCUT2D eigenvalue weighted by Gasteiger charge is 2.23. The summed E-state index contributed by atoms with van der Waals surface area (Å²) >= 11 is 0. The topological polar surface area (TPSA) is 76.0 Å². The van der Waals surface area contributed by atoms with Gasteiger partial charge in [0.15, 0.2) is 0 Å². The van der Waals surface area contributed by atoms with Gasteiger partial charge in [0.2, 0.25) is 0 Å². The zero-order valence-electron chi connectivity index (χ0n) is 7.73. The molecule has 0 aliphatic rings. The molecule has 74 valence electrons. The smallest absolute Gasteiger partial charge is 0.123 e. The molecule has 0 amide bonds. The number of hydrogen-bond acceptors (Lipinski definition) is 5. The third-order valence-corrected chi connectivity index (χ3v) is 1.59. The molecule has 12 heavy (non-hydrogen) atoms. The lowest BCUT2D eigenvalue weighted by molar-refractivity contribution is -0.163. The predicted molar refractivity (Wildman–Crippen MR) is 45.1 cm³/mol. The number of nitrogens with zero attached hydrogens (tertiary/aromatic N) is 1. The van der Waals surface area contributed by atoms with Gasteiger partial charge >= 0.3 is 0 Å². The van der Waals surface area contributed by atoms with Crippen LogP contribution in [0.5, 0.6) is 0 Å². The third kappa shape index (κ3) is 3.46. The van der Waals surface area contributed by atoms with Gasteiger partial charge in [-0.25, -0.2) is 4.90 Å². The highest BCUT2D eigenvalue weighted by Crippen LogP contribution is 2.04. The third-order valence-electron chi connectivity index (χ3n) is 1.59. The molecule has 0 aliphatic carbocycles. The molecule has 0 bridgehead atoms. The molecule has 0 aromatic carbocycles. The second-order valence-corrected chi connectivity index (χ2v) is 2.75. The minimum atomic E-state index is -0.880. The van der Waals surface area contributed by atoms with Crippen molar-refractivity contribution in [2.24, 2.45) is 0 Å². The zero-order valence-corrected chi connectivity index (χ0v) is 7.73. The highest BCUT2D eigenvalue weighted by atomic mass is 16.4. The van der Waals surface area contributed by atoms with E-state index < -0.39 is 18.7 Å². The Morgan fingerprint density at radius 3 is 1.83 bits per heavy atom. The fourth-order valence-corrected chi connectivity index (χ4v) is 1.10. The molecule has 0 aromatic heterocycles. The van der Waals surface area contributed by atoms with Crippen molar-refractivity contribution < 1.29 is 15.3 Å². The van der Waals surface area contributed by atoms with Crippen molar-refractivity contribution in [2.45, 2.75) is 32.5 Å². The summed E-state index contributed by atoms with van der Waals surface area (Å²) in [4.78, 5) is 1.19. The van der Waals surface area contributed by atoms with Crippen molar-refractivity contribution in [1.29, 1.82) is 0 Å². The average Bonchev–Trinajstić information content (AvgIpc) is 1.85. The minimum Gasteiger partial charge on any atom is -0.379 e. The van der Waals surface area contributed by atoms with E-state index in [9.17, 15) is 5.11 Å². The van der Waals surface area contributed by atoms with E-state index in [1.807, 2.05) is 0 Å². The Morgan fingerprint density at radius 2 is 1.58 bits per heavy atom. The van der Waals surface area contributed by atoms with Crippen LogP contribution in [-0.4, -0.2) is 52.5 Å². The van der Waals surface area contributed by atoms with Crippen LogP contribution in [0.2, 0.25) is 0 Å². The van der Waals surface area contributed by atoms with Gasteiger partial charge in [-0.3, -0.25) is 0 Å². The second-order valence-electron chi connectivity index (χ2n) is 2.75. The summed E-state index contributed by atoms with van der Waals surface area (Å²) in [6.45, 7) is 3.28. The lowest BCUT2D eigenvalue weighted by atomic mass is 10.4. The molecule has 0 radical (unpaired) electrons. The number of rotatable bonds is 5. The van der Waals surface area contributed by atoms with Gasteiger partial charge in [0.25, 0.3) is 0 Å². The monoisotopic (exact) mass is 178 g/mol. The van der Waals surface area contributed by atoms with Crippen molar-refractivity contribution >= 4 is 0 Å². The Hall–Kier alpha value is -0.200. The second kappa shape index (κ2) is 5.45. The van der Waals surface area contributed by atoms with Crippen molar-refractivity contribution in [1.82, 2.24) is 10.2 Å². The van der Waals surface area contributed by atoms with Crippen molar-refractivity contribution in [3.05, 3.63) is 0 Å². The molecule has 0 fully saturated rings. The van der Waals surface area contributed by atoms with E-state index in [2.05, 4.69) is 5.32 Å². The summed E-state index contributed by atoms with van der Waals surface area (Å²) in [5.74, 6) is 0. The van der Waals surface area contributed by atoms with E-state index in [0.29, 0.717) is 6.54 Å². The summed E-state index contributed by atoms with van der Waals surface area (Å²) in [6, 6.07) is 0. The Labute approximate surface area is 72.6 Å². The maximum Gasteiger partial charge on any atom is 0.123 e. The fourth-order valence-electron chi connectivity index (χ4n) is 1.10. The molecule has 3 atom stereocenters. The molecular formula is C7H18N2O3. The Kier molecular flexibility index (Phi) is 5.36. The van der Waals surface area contributed by atoms with Gasteiger partial charge in [-0.05, 0) is 20.9 Å². The lowest BCUT2D eigenvalue weighted by Crippen LogP contribution is -2.50. The first-order valence-electron chi connectivity index (χ1n) is 3.97. The van der Waals surface area contributed by atoms with Gasteiger partial charge in [0.1, 0.15) is 18.7 Å². The number of nitrogens with one attached hydrogen (secondary N) is 1. The van der Waals surface area contributed by atoms with Crippen LogP contribution in [-0.2, 0) is 0 Å². The normalized spacial score (nSPS) is 19.2. The van der Waals surface area contributed by atoms with Crippen LogP contribution in [0, 0.1) is 0 Å². The molecule has 5 nitrogen and oxygen atoms in total. The van der Waals surface area contributed by atoms with Crippen LogP contribution in [0.4, 0.5) is 0 Å². The van der Waals surface area contributed by atoms with Crippen LogP contribution in [0.3, 0.4) is 0 Å². The molecule has 0 spiro atoms. The molecule has 0 rings (SSSR count). The largest absolute Gasteiger partial charge is 0.379 e. The molecule has 0 aliphatic heterocycles. The van der Waals surface area contributed by atoms with Crippen LogP contribution >= 0.6 is 0 Å². The van der Waals surface area contributed by atoms with Crippen LogP contribution in [0.15, 0.2) is 0 Å². The zero-order chi connectivity index (χ0) is 9.72. The first kappa shape index (κ1) is 11.8. The Morgan fingerprint density at radius 1 is 1.17 bits per heavy atom. The lowest BCUT2D eigenvalue weighted by Gasteiger charge is -2.32. The maximum atomic E-state index is 9.39. The minimum absolute atomic E-state index is 0.301. The summed E-state index contributed by atoms with van der Waals surface area (Å²) in [7, 11) is 1.69. The number of likely N-dealkylation sites (N-methyl/N-ethyl adjacent to an activating group) is 1. The molecule has 3 unspecified atom stereocenters. The molecule has 4 N–H and O–H groups in total. The summed E-state index contributed by atoms with van der Waals surface area (Å²) in [6.07, 6.45) is -2.61. The first-order chi connectivity index (χ1) is 5.50. The first-order valence-corrected chi connectivity index (χ1v) is 3.97. The van der Waals surface area contributed by atoms with E-state index in [0.717, 1.165) is 0 Å². The Bertz CT molecular complexity index is 111. The van der Waals surface area contributed by atoms with Crippen molar-refractivity contribution in [3.8, 4) is 0 Å². The molecule has 5 heteroatoms. The van der Waals surface area contributed by atoms with E-state index in [4.69, 9.17) is 10.2 Å². The number of aliphatic hydroxyl groups excluding tert-OH is 3. The van der Waals surface area contributed by atoms with Gasteiger partial charge in [0.05, 0.1) is 0 Å². The molecular weight excluding hydrogens is 160 g/mol.